The minimum atomic E-state index is 0.639. The first-order valence-corrected chi connectivity index (χ1v) is 39.1. The average Bonchev–Trinajstić information content (AvgIpc) is 1.46. The Morgan fingerprint density at radius 3 is 0.565 bits per heavy atom. The maximum absolute atomic E-state index is 6.65. The third kappa shape index (κ3) is 36.0. The van der Waals surface area contributed by atoms with E-state index in [9.17, 15) is 0 Å². The van der Waals surface area contributed by atoms with E-state index in [4.69, 9.17) is 18.9 Å². The van der Waals surface area contributed by atoms with Crippen molar-refractivity contribution < 1.29 is 18.9 Å². The summed E-state index contributed by atoms with van der Waals surface area (Å²) in [6, 6.07) is 33.2. The summed E-state index contributed by atoms with van der Waals surface area (Å²) >= 11 is 4.69. The molecule has 5 aromatic rings. The van der Waals surface area contributed by atoms with Gasteiger partial charge in [-0.25, -0.2) is 0 Å². The Labute approximate surface area is 589 Å². The minimum absolute atomic E-state index is 0.639. The minimum Gasteiger partial charge on any atom is -0.490 e. The van der Waals surface area contributed by atoms with Gasteiger partial charge < -0.3 is 18.9 Å². The predicted molar refractivity (Wildman–Crippen MR) is 411 cm³/mol. The first kappa shape index (κ1) is 77.7. The average molecular weight is 1470 g/mol. The second-order valence-corrected chi connectivity index (χ2v) is 27.9. The molecule has 92 heavy (non-hydrogen) atoms. The number of hydrogen-bond donors (Lipinski definition) is 0. The molecule has 0 saturated carbocycles. The van der Waals surface area contributed by atoms with Gasteiger partial charge in [0.2, 0.25) is 0 Å². The highest BCUT2D eigenvalue weighted by atomic mass is 127. The molecule has 0 aromatic heterocycles. The first-order chi connectivity index (χ1) is 45.4. The Morgan fingerprint density at radius 2 is 0.380 bits per heavy atom. The summed E-state index contributed by atoms with van der Waals surface area (Å²) < 4.78 is 28.9. The summed E-state index contributed by atoms with van der Waals surface area (Å²) in [4.78, 5) is 0. The van der Waals surface area contributed by atoms with E-state index in [0.717, 1.165) is 106 Å². The number of halogens is 2. The van der Waals surface area contributed by atoms with E-state index in [0.29, 0.717) is 26.4 Å². The monoisotopic (exact) mass is 1470 g/mol. The van der Waals surface area contributed by atoms with Crippen LogP contribution in [-0.2, 0) is 0 Å². The maximum atomic E-state index is 6.65. The molecular weight excluding hydrogens is 1350 g/mol. The van der Waals surface area contributed by atoms with Gasteiger partial charge in [-0.05, 0) is 144 Å². The fourth-order valence-corrected chi connectivity index (χ4v) is 12.1. The SMILES string of the molecule is CCCCCCCCCCCCOc1cc(C#Cc2ccc(I)cc2)c(C#Cc2ccc(C#Cc3cc(OCCCCCCCCCCCC)c(OCCCCCCCCCCCC)cc3C#Cc3ccc(I)cc3)cc2)cc1OCCCCCCCCCCCC. The van der Waals surface area contributed by atoms with Crippen LogP contribution in [0.4, 0.5) is 0 Å². The van der Waals surface area contributed by atoms with Gasteiger partial charge in [0.1, 0.15) is 0 Å². The van der Waals surface area contributed by atoms with Gasteiger partial charge in [0.25, 0.3) is 0 Å². The van der Waals surface area contributed by atoms with E-state index >= 15 is 0 Å². The molecule has 0 amide bonds. The molecule has 0 fully saturated rings. The van der Waals surface area contributed by atoms with Crippen LogP contribution in [0.25, 0.3) is 0 Å². The molecule has 0 unspecified atom stereocenters. The molecule has 6 heteroatoms. The number of unbranched alkanes of at least 4 members (excludes halogenated alkanes) is 36. The second-order valence-electron chi connectivity index (χ2n) is 25.4. The van der Waals surface area contributed by atoms with Crippen molar-refractivity contribution >= 4 is 45.2 Å². The van der Waals surface area contributed by atoms with E-state index in [2.05, 4.69) is 217 Å². The van der Waals surface area contributed by atoms with Crippen LogP contribution in [0.3, 0.4) is 0 Å². The highest BCUT2D eigenvalue weighted by Crippen LogP contribution is 2.34. The van der Waals surface area contributed by atoms with E-state index in [1.807, 2.05) is 0 Å². The van der Waals surface area contributed by atoms with E-state index in [1.165, 1.54) is 225 Å². The van der Waals surface area contributed by atoms with Crippen molar-refractivity contribution in [1.82, 2.24) is 0 Å². The molecule has 0 aliphatic rings. The largest absolute Gasteiger partial charge is 0.490 e. The van der Waals surface area contributed by atoms with Gasteiger partial charge in [0.05, 0.1) is 26.4 Å². The van der Waals surface area contributed by atoms with E-state index in [-0.39, 0.29) is 0 Å². The molecule has 5 rings (SSSR count). The molecule has 4 nitrogen and oxygen atoms in total. The third-order valence-corrected chi connectivity index (χ3v) is 18.6. The first-order valence-electron chi connectivity index (χ1n) is 37.0. The third-order valence-electron chi connectivity index (χ3n) is 17.1. The van der Waals surface area contributed by atoms with E-state index < -0.39 is 0 Å². The van der Waals surface area contributed by atoms with Crippen molar-refractivity contribution in [3.63, 3.8) is 0 Å². The molecule has 0 atom stereocenters. The quantitative estimate of drug-likeness (QED) is 0.0221. The number of benzene rings is 5. The van der Waals surface area contributed by atoms with Crippen LogP contribution in [0, 0.1) is 54.5 Å². The molecule has 0 aliphatic carbocycles. The van der Waals surface area contributed by atoms with Gasteiger partial charge in [0.15, 0.2) is 23.0 Å². The van der Waals surface area contributed by atoms with Crippen molar-refractivity contribution in [2.75, 3.05) is 26.4 Å². The van der Waals surface area contributed by atoms with Crippen molar-refractivity contribution in [3.05, 3.63) is 149 Å². The van der Waals surface area contributed by atoms with Crippen LogP contribution in [0.15, 0.2) is 97.1 Å². The normalized spacial score (nSPS) is 10.8. The smallest absolute Gasteiger partial charge is 0.162 e. The zero-order chi connectivity index (χ0) is 65.0. The zero-order valence-electron chi connectivity index (χ0n) is 57.7. The fraction of sp³-hybridized carbons (Fsp3) is 0.558. The van der Waals surface area contributed by atoms with Gasteiger partial charge in [0, 0.05) is 75.9 Å². The summed E-state index contributed by atoms with van der Waals surface area (Å²) in [5, 5.41) is 0. The van der Waals surface area contributed by atoms with Crippen LogP contribution < -0.4 is 18.9 Å². The number of hydrogen-bond acceptors (Lipinski definition) is 4. The lowest BCUT2D eigenvalue weighted by Gasteiger charge is -2.15. The molecule has 0 bridgehead atoms. The van der Waals surface area contributed by atoms with Crippen molar-refractivity contribution in [2.24, 2.45) is 0 Å². The Balaban J connectivity index is 1.39. The van der Waals surface area contributed by atoms with Crippen molar-refractivity contribution in [3.8, 4) is 70.4 Å². The van der Waals surface area contributed by atoms with Crippen LogP contribution in [0.1, 0.15) is 329 Å². The summed E-state index contributed by atoms with van der Waals surface area (Å²) in [5.41, 5.74) is 6.97. The Hall–Kier alpha value is -5.00. The highest BCUT2D eigenvalue weighted by molar-refractivity contribution is 14.1. The van der Waals surface area contributed by atoms with Gasteiger partial charge in [-0.15, -0.1) is 0 Å². The van der Waals surface area contributed by atoms with Gasteiger partial charge in [-0.1, -0.05) is 306 Å². The van der Waals surface area contributed by atoms with Gasteiger partial charge in [-0.3, -0.25) is 0 Å². The molecule has 0 N–H and O–H groups in total. The molecule has 0 spiro atoms. The Morgan fingerprint density at radius 1 is 0.217 bits per heavy atom. The highest BCUT2D eigenvalue weighted by Gasteiger charge is 2.14. The lowest BCUT2D eigenvalue weighted by atomic mass is 10.0. The Kier molecular flexibility index (Phi) is 44.2. The fourth-order valence-electron chi connectivity index (χ4n) is 11.3. The summed E-state index contributed by atoms with van der Waals surface area (Å²) in [6.45, 7) is 11.7. The van der Waals surface area contributed by atoms with E-state index in [1.54, 1.807) is 0 Å². The van der Waals surface area contributed by atoms with Gasteiger partial charge in [-0.2, -0.15) is 0 Å². The summed E-state index contributed by atoms with van der Waals surface area (Å²) in [6.07, 6.45) is 51.2. The molecule has 0 heterocycles. The molecule has 0 saturated heterocycles. The van der Waals surface area contributed by atoms with Crippen LogP contribution in [0.5, 0.6) is 23.0 Å². The van der Waals surface area contributed by atoms with Crippen LogP contribution >= 0.6 is 45.2 Å². The molecular formula is C86H116I2O4. The van der Waals surface area contributed by atoms with Crippen LogP contribution in [0.2, 0.25) is 0 Å². The molecule has 498 valence electrons. The molecule has 5 aromatic carbocycles. The lowest BCUT2D eigenvalue weighted by Crippen LogP contribution is -2.04. The second kappa shape index (κ2) is 52.3. The topological polar surface area (TPSA) is 36.9 Å². The van der Waals surface area contributed by atoms with Crippen molar-refractivity contribution in [2.45, 2.75) is 285 Å². The van der Waals surface area contributed by atoms with Crippen LogP contribution in [-0.4, -0.2) is 26.4 Å². The summed E-state index contributed by atoms with van der Waals surface area (Å²) in [5.74, 6) is 30.9. The zero-order valence-corrected chi connectivity index (χ0v) is 62.1. The molecule has 0 radical (unpaired) electrons. The maximum Gasteiger partial charge on any atom is 0.162 e. The predicted octanol–water partition coefficient (Wildman–Crippen LogP) is 25.7. The lowest BCUT2D eigenvalue weighted by molar-refractivity contribution is 0.258. The van der Waals surface area contributed by atoms with Crippen molar-refractivity contribution in [1.29, 1.82) is 0 Å². The molecule has 0 aliphatic heterocycles. The Bertz CT molecular complexity index is 2780. The number of rotatable bonds is 48. The summed E-state index contributed by atoms with van der Waals surface area (Å²) in [7, 11) is 0. The van der Waals surface area contributed by atoms with Gasteiger partial charge >= 0.3 is 0 Å². The standard InChI is InChI=1S/C86H116I2O4/c1-5-9-13-17-21-25-29-33-37-41-65-89-83-69-77(79(59-51-75-53-61-81(87)62-54-75)71-85(83)91-67-43-39-35-31-27-23-19-15-11-7-3)57-49-73-45-47-74(48-46-73)50-58-78-70-84(90-66-42-38-34-30-26-22-18-14-10-6-2)86(72-80(78)60-52-76-55-63-82(88)64-56-76)92-68-44-40-36-32-28-24-20-16-12-8-4/h45-48,53-56,61-64,69-72H,5-44,65-68H2,1-4H3. The number of ether oxygens (including phenoxy) is 4.